The number of hydrazine groups is 1. The zero-order valence-corrected chi connectivity index (χ0v) is 12.8. The molecule has 1 aromatic rings. The molecule has 0 fully saturated rings. The number of nitrogens with zero attached hydrogens (tertiary/aromatic N) is 1. The molecule has 1 rings (SSSR count). The summed E-state index contributed by atoms with van der Waals surface area (Å²) in [4.78, 5) is 13.9. The molecule has 21 heavy (non-hydrogen) atoms. The summed E-state index contributed by atoms with van der Waals surface area (Å²) in [6.45, 7) is 8.63. The predicted molar refractivity (Wildman–Crippen MR) is 82.2 cm³/mol. The normalized spacial score (nSPS) is 10.7. The van der Waals surface area contributed by atoms with Crippen molar-refractivity contribution in [2.75, 3.05) is 39.5 Å². The summed E-state index contributed by atoms with van der Waals surface area (Å²) in [5.74, 6) is 5.35. The number of amides is 1. The second-order valence-corrected chi connectivity index (χ2v) is 4.45. The van der Waals surface area contributed by atoms with Crippen molar-refractivity contribution < 1.29 is 14.3 Å². The molecule has 0 unspecified atom stereocenters. The molecule has 0 radical (unpaired) electrons. The number of hydrogen-bond donors (Lipinski definition) is 2. The van der Waals surface area contributed by atoms with Gasteiger partial charge >= 0.3 is 0 Å². The third-order valence-corrected chi connectivity index (χ3v) is 3.13. The molecule has 0 aliphatic rings. The summed E-state index contributed by atoms with van der Waals surface area (Å²) < 4.78 is 11.0. The minimum atomic E-state index is -0.353. The molecule has 1 amide bonds. The van der Waals surface area contributed by atoms with Crippen LogP contribution in [0.1, 0.15) is 24.2 Å². The molecular formula is C15H25N3O3. The molecule has 0 heterocycles. The van der Waals surface area contributed by atoms with E-state index in [0.29, 0.717) is 17.9 Å². The van der Waals surface area contributed by atoms with E-state index in [1.54, 1.807) is 18.2 Å². The number of carbonyl (C=O) groups is 1. The highest BCUT2D eigenvalue weighted by atomic mass is 16.5. The van der Waals surface area contributed by atoms with Crippen molar-refractivity contribution in [1.29, 1.82) is 0 Å². The van der Waals surface area contributed by atoms with E-state index in [1.165, 1.54) is 0 Å². The molecule has 1 aromatic carbocycles. The zero-order chi connectivity index (χ0) is 15.5. The first-order chi connectivity index (χ1) is 10.2. The Labute approximate surface area is 126 Å². The molecule has 0 saturated heterocycles. The Bertz CT molecular complexity index is 426. The molecule has 0 spiro atoms. The van der Waals surface area contributed by atoms with E-state index in [0.717, 1.165) is 32.8 Å². The highest BCUT2D eigenvalue weighted by Crippen LogP contribution is 2.17. The lowest BCUT2D eigenvalue weighted by molar-refractivity contribution is 0.0946. The van der Waals surface area contributed by atoms with Gasteiger partial charge < -0.3 is 9.47 Å². The highest BCUT2D eigenvalue weighted by Gasteiger charge is 2.11. The largest absolute Gasteiger partial charge is 0.491 e. The maximum atomic E-state index is 11.6. The van der Waals surface area contributed by atoms with Crippen molar-refractivity contribution in [2.24, 2.45) is 5.84 Å². The quantitative estimate of drug-likeness (QED) is 0.292. The Morgan fingerprint density at radius 2 is 1.95 bits per heavy atom. The van der Waals surface area contributed by atoms with Gasteiger partial charge in [0.25, 0.3) is 5.91 Å². The fraction of sp³-hybridized carbons (Fsp3) is 0.533. The van der Waals surface area contributed by atoms with Gasteiger partial charge in [-0.05, 0) is 25.6 Å². The van der Waals surface area contributed by atoms with Gasteiger partial charge in [-0.1, -0.05) is 19.1 Å². The van der Waals surface area contributed by atoms with Crippen molar-refractivity contribution in [1.82, 2.24) is 10.3 Å². The van der Waals surface area contributed by atoms with Crippen molar-refractivity contribution in [2.45, 2.75) is 13.8 Å². The van der Waals surface area contributed by atoms with Gasteiger partial charge in [-0.3, -0.25) is 15.1 Å². The average molecular weight is 295 g/mol. The molecule has 6 heteroatoms. The number of hydrogen-bond acceptors (Lipinski definition) is 5. The minimum Gasteiger partial charge on any atom is -0.491 e. The van der Waals surface area contributed by atoms with Crippen LogP contribution < -0.4 is 16.0 Å². The molecule has 0 atom stereocenters. The summed E-state index contributed by atoms with van der Waals surface area (Å²) in [6, 6.07) is 7.05. The van der Waals surface area contributed by atoms with Gasteiger partial charge in [-0.15, -0.1) is 0 Å². The molecule has 3 N–H and O–H groups in total. The number of rotatable bonds is 10. The number of para-hydroxylation sites is 1. The first-order valence-electron chi connectivity index (χ1n) is 7.25. The van der Waals surface area contributed by atoms with Gasteiger partial charge in [0.2, 0.25) is 0 Å². The van der Waals surface area contributed by atoms with Crippen molar-refractivity contribution >= 4 is 5.91 Å². The molecule has 0 aromatic heterocycles. The summed E-state index contributed by atoms with van der Waals surface area (Å²) in [5.41, 5.74) is 2.56. The predicted octanol–water partition coefficient (Wildman–Crippen LogP) is 1.03. The second kappa shape index (κ2) is 10.1. The maximum Gasteiger partial charge on any atom is 0.268 e. The SMILES string of the molecule is CCOCCN(CC)CCOc1ccccc1C(=O)NN. The van der Waals surface area contributed by atoms with E-state index in [-0.39, 0.29) is 5.91 Å². The fourth-order valence-corrected chi connectivity index (χ4v) is 1.91. The van der Waals surface area contributed by atoms with Crippen LogP contribution in [0.15, 0.2) is 24.3 Å². The van der Waals surface area contributed by atoms with E-state index in [1.807, 2.05) is 13.0 Å². The third kappa shape index (κ3) is 6.12. The Kier molecular flexibility index (Phi) is 8.42. The minimum absolute atomic E-state index is 0.353. The van der Waals surface area contributed by atoms with Gasteiger partial charge in [0.1, 0.15) is 12.4 Å². The van der Waals surface area contributed by atoms with Crippen LogP contribution in [0.5, 0.6) is 5.75 Å². The van der Waals surface area contributed by atoms with E-state index in [2.05, 4.69) is 17.2 Å². The lowest BCUT2D eigenvalue weighted by Crippen LogP contribution is -2.32. The lowest BCUT2D eigenvalue weighted by Gasteiger charge is -2.20. The van der Waals surface area contributed by atoms with E-state index in [9.17, 15) is 4.79 Å². The summed E-state index contributed by atoms with van der Waals surface area (Å²) in [7, 11) is 0. The Morgan fingerprint density at radius 1 is 1.24 bits per heavy atom. The molecule has 6 nitrogen and oxygen atoms in total. The first kappa shape index (κ1) is 17.4. The van der Waals surface area contributed by atoms with Crippen LogP contribution in [0, 0.1) is 0 Å². The average Bonchev–Trinajstić information content (AvgIpc) is 2.53. The number of nitrogens with one attached hydrogen (secondary N) is 1. The van der Waals surface area contributed by atoms with Crippen LogP contribution in [0.3, 0.4) is 0 Å². The van der Waals surface area contributed by atoms with Gasteiger partial charge in [0.05, 0.1) is 12.2 Å². The summed E-state index contributed by atoms with van der Waals surface area (Å²) >= 11 is 0. The van der Waals surface area contributed by atoms with Crippen molar-refractivity contribution in [3.63, 3.8) is 0 Å². The van der Waals surface area contributed by atoms with Crippen LogP contribution in [-0.2, 0) is 4.74 Å². The number of nitrogen functional groups attached to an aromatic ring is 1. The molecular weight excluding hydrogens is 270 g/mol. The van der Waals surface area contributed by atoms with Crippen LogP contribution in [0.25, 0.3) is 0 Å². The Morgan fingerprint density at radius 3 is 2.62 bits per heavy atom. The van der Waals surface area contributed by atoms with Crippen LogP contribution in [0.2, 0.25) is 0 Å². The highest BCUT2D eigenvalue weighted by molar-refractivity contribution is 5.96. The first-order valence-corrected chi connectivity index (χ1v) is 7.25. The lowest BCUT2D eigenvalue weighted by atomic mass is 10.2. The Hall–Kier alpha value is -1.63. The van der Waals surface area contributed by atoms with E-state index in [4.69, 9.17) is 15.3 Å². The van der Waals surface area contributed by atoms with Crippen molar-refractivity contribution in [3.8, 4) is 5.75 Å². The van der Waals surface area contributed by atoms with Gasteiger partial charge in [0.15, 0.2) is 0 Å². The number of likely N-dealkylation sites (N-methyl/N-ethyl adjacent to an activating group) is 1. The monoisotopic (exact) mass is 295 g/mol. The van der Waals surface area contributed by atoms with Gasteiger partial charge in [-0.2, -0.15) is 0 Å². The number of benzene rings is 1. The zero-order valence-electron chi connectivity index (χ0n) is 12.8. The molecule has 0 aliphatic carbocycles. The topological polar surface area (TPSA) is 76.8 Å². The molecule has 0 saturated carbocycles. The number of ether oxygens (including phenoxy) is 2. The summed E-state index contributed by atoms with van der Waals surface area (Å²) in [6.07, 6.45) is 0. The summed E-state index contributed by atoms with van der Waals surface area (Å²) in [5, 5.41) is 0. The van der Waals surface area contributed by atoms with Crippen LogP contribution in [0.4, 0.5) is 0 Å². The van der Waals surface area contributed by atoms with Crippen molar-refractivity contribution in [3.05, 3.63) is 29.8 Å². The molecule has 118 valence electrons. The standard InChI is InChI=1S/C15H25N3O3/c1-3-18(9-11-20-4-2)10-12-21-14-8-6-5-7-13(14)15(19)17-16/h5-8H,3-4,9-12,16H2,1-2H3,(H,17,19). The van der Waals surface area contributed by atoms with Crippen LogP contribution >= 0.6 is 0 Å². The maximum absolute atomic E-state index is 11.6. The fourth-order valence-electron chi connectivity index (χ4n) is 1.91. The van der Waals surface area contributed by atoms with Gasteiger partial charge in [-0.25, -0.2) is 5.84 Å². The Balaban J connectivity index is 2.46. The number of nitrogens with two attached hydrogens (primary N) is 1. The van der Waals surface area contributed by atoms with Crippen LogP contribution in [-0.4, -0.2) is 50.3 Å². The second-order valence-electron chi connectivity index (χ2n) is 4.45. The molecule has 0 bridgehead atoms. The third-order valence-electron chi connectivity index (χ3n) is 3.13. The van der Waals surface area contributed by atoms with Gasteiger partial charge in [0, 0.05) is 19.7 Å². The number of carbonyl (C=O) groups excluding carboxylic acids is 1. The van der Waals surface area contributed by atoms with E-state index < -0.39 is 0 Å². The van der Waals surface area contributed by atoms with E-state index >= 15 is 0 Å². The molecule has 0 aliphatic heterocycles. The smallest absolute Gasteiger partial charge is 0.268 e.